The molecule has 1 aromatic carbocycles. The number of carbonyl (C=O) groups is 1. The minimum Gasteiger partial charge on any atom is -0.494 e. The summed E-state index contributed by atoms with van der Waals surface area (Å²) in [5, 5.41) is 9.67. The molecular formula is C21H36ClNO7P+. The van der Waals surface area contributed by atoms with Crippen molar-refractivity contribution in [3.05, 3.63) is 29.3 Å². The molecular weight excluding hydrogens is 445 g/mol. The van der Waals surface area contributed by atoms with Gasteiger partial charge < -0.3 is 19.2 Å². The second-order valence-corrected chi connectivity index (χ2v) is 10.4. The highest BCUT2D eigenvalue weighted by Crippen LogP contribution is 2.45. The van der Waals surface area contributed by atoms with E-state index in [1.807, 2.05) is 33.3 Å². The number of aliphatic carboxylic acids is 1. The zero-order valence-electron chi connectivity index (χ0n) is 18.7. The summed E-state index contributed by atoms with van der Waals surface area (Å²) in [4.78, 5) is 20.9. The number of ether oxygens (including phenoxy) is 1. The third kappa shape index (κ3) is 15.3. The molecule has 0 bridgehead atoms. The molecule has 178 valence electrons. The molecule has 0 aliphatic rings. The van der Waals surface area contributed by atoms with Crippen molar-refractivity contribution in [1.82, 2.24) is 0 Å². The molecule has 1 unspecified atom stereocenters. The van der Waals surface area contributed by atoms with Gasteiger partial charge in [0.2, 0.25) is 0 Å². The van der Waals surface area contributed by atoms with E-state index < -0.39 is 19.9 Å². The average molecular weight is 481 g/mol. The van der Waals surface area contributed by atoms with Crippen LogP contribution in [0.25, 0.3) is 0 Å². The summed E-state index contributed by atoms with van der Waals surface area (Å²) in [7, 11) is 1.27. The number of phosphoric acid groups is 1. The fraction of sp³-hybridized carbons (Fsp3) is 0.667. The SMILES string of the molecule is C[N+](C)(C)C[C@@H](CC(=O)O)OP(=O)(O)OCCCCCCCCOc1ccc(Cl)cc1. The Labute approximate surface area is 190 Å². The summed E-state index contributed by atoms with van der Waals surface area (Å²) >= 11 is 5.83. The Morgan fingerprint density at radius 1 is 1.03 bits per heavy atom. The molecule has 0 aliphatic carbocycles. The maximum Gasteiger partial charge on any atom is 0.472 e. The van der Waals surface area contributed by atoms with Crippen molar-refractivity contribution in [2.75, 3.05) is 40.9 Å². The van der Waals surface area contributed by atoms with Gasteiger partial charge in [-0.25, -0.2) is 4.57 Å². The fourth-order valence-corrected chi connectivity index (χ4v) is 4.04. The summed E-state index contributed by atoms with van der Waals surface area (Å²) in [5.41, 5.74) is 0. The molecule has 31 heavy (non-hydrogen) atoms. The lowest BCUT2D eigenvalue weighted by atomic mass is 10.1. The zero-order valence-corrected chi connectivity index (χ0v) is 20.3. The van der Waals surface area contributed by atoms with E-state index in [1.54, 1.807) is 12.1 Å². The van der Waals surface area contributed by atoms with E-state index >= 15 is 0 Å². The highest BCUT2D eigenvalue weighted by molar-refractivity contribution is 7.47. The first kappa shape index (κ1) is 27.9. The molecule has 0 radical (unpaired) electrons. The van der Waals surface area contributed by atoms with Gasteiger partial charge in [0.05, 0.1) is 40.8 Å². The van der Waals surface area contributed by atoms with Crippen molar-refractivity contribution in [3.8, 4) is 5.75 Å². The molecule has 2 atom stereocenters. The summed E-state index contributed by atoms with van der Waals surface area (Å²) < 4.78 is 28.3. The van der Waals surface area contributed by atoms with Gasteiger partial charge in [0, 0.05) is 5.02 Å². The van der Waals surface area contributed by atoms with Crippen LogP contribution in [0.1, 0.15) is 44.9 Å². The number of phosphoric ester groups is 1. The van der Waals surface area contributed by atoms with Crippen molar-refractivity contribution >= 4 is 25.4 Å². The van der Waals surface area contributed by atoms with Crippen LogP contribution >= 0.6 is 19.4 Å². The lowest BCUT2D eigenvalue weighted by Crippen LogP contribution is -2.42. The number of carboxylic acids is 1. The molecule has 0 aromatic heterocycles. The highest BCUT2D eigenvalue weighted by Gasteiger charge is 2.31. The maximum absolute atomic E-state index is 12.1. The third-order valence-electron chi connectivity index (χ3n) is 4.31. The Hall–Kier alpha value is -1.15. The van der Waals surface area contributed by atoms with Crippen LogP contribution in [0.3, 0.4) is 0 Å². The molecule has 0 fully saturated rings. The van der Waals surface area contributed by atoms with E-state index in [-0.39, 0.29) is 19.6 Å². The molecule has 0 saturated heterocycles. The van der Waals surface area contributed by atoms with Gasteiger partial charge in [-0.2, -0.15) is 0 Å². The molecule has 0 aliphatic heterocycles. The van der Waals surface area contributed by atoms with Crippen LogP contribution in [0.4, 0.5) is 0 Å². The predicted octanol–water partition coefficient (Wildman–Crippen LogP) is 4.74. The monoisotopic (exact) mass is 480 g/mol. The highest BCUT2D eigenvalue weighted by atomic mass is 35.5. The second-order valence-electron chi connectivity index (χ2n) is 8.52. The van der Waals surface area contributed by atoms with Gasteiger partial charge in [-0.15, -0.1) is 0 Å². The summed E-state index contributed by atoms with van der Waals surface area (Å²) in [5.74, 6) is -0.277. The number of quaternary nitrogens is 1. The van der Waals surface area contributed by atoms with Crippen molar-refractivity contribution in [2.45, 2.75) is 51.0 Å². The number of halogens is 1. The van der Waals surface area contributed by atoms with Crippen molar-refractivity contribution in [2.24, 2.45) is 0 Å². The molecule has 8 nitrogen and oxygen atoms in total. The van der Waals surface area contributed by atoms with Crippen LogP contribution in [-0.2, 0) is 18.4 Å². The Morgan fingerprint density at radius 2 is 1.58 bits per heavy atom. The fourth-order valence-electron chi connectivity index (χ4n) is 2.97. The summed E-state index contributed by atoms with van der Waals surface area (Å²) in [6.45, 7) is 1.03. The standard InChI is InChI=1S/C21H35ClNO7P/c1-23(2,3)17-20(16-21(24)25)30-31(26,27)29-15-9-7-5-4-6-8-14-28-19-12-10-18(22)11-13-19/h10-13,20H,4-9,14-17H2,1-3H3,(H-,24,25,26,27)/p+1/t20-/m1/s1. The Balaban J connectivity index is 2.12. The average Bonchev–Trinajstić information content (AvgIpc) is 2.62. The molecule has 0 saturated carbocycles. The molecule has 0 amide bonds. The van der Waals surface area contributed by atoms with Crippen LogP contribution in [0.15, 0.2) is 24.3 Å². The summed E-state index contributed by atoms with van der Waals surface area (Å²) in [6.07, 6.45) is 4.28. The number of likely N-dealkylation sites (N-methyl/N-ethyl adjacent to an activating group) is 1. The van der Waals surface area contributed by atoms with Gasteiger partial charge in [0.1, 0.15) is 18.4 Å². The largest absolute Gasteiger partial charge is 0.494 e. The zero-order chi connectivity index (χ0) is 23.3. The number of benzene rings is 1. The van der Waals surface area contributed by atoms with E-state index in [1.165, 1.54) is 0 Å². The third-order valence-corrected chi connectivity index (χ3v) is 5.64. The first-order chi connectivity index (χ1) is 14.5. The van der Waals surface area contributed by atoms with Gasteiger partial charge in [-0.05, 0) is 37.1 Å². The Morgan fingerprint density at radius 3 is 2.13 bits per heavy atom. The maximum atomic E-state index is 12.1. The van der Waals surface area contributed by atoms with Crippen LogP contribution in [-0.4, -0.2) is 67.5 Å². The van der Waals surface area contributed by atoms with Crippen LogP contribution in [0.2, 0.25) is 5.02 Å². The normalized spacial score (nSPS) is 14.7. The topological polar surface area (TPSA) is 102 Å². The van der Waals surface area contributed by atoms with Crippen LogP contribution in [0, 0.1) is 0 Å². The number of carboxylic acid groups (broad SMARTS) is 1. The lowest BCUT2D eigenvalue weighted by Gasteiger charge is -2.29. The number of rotatable bonds is 17. The van der Waals surface area contributed by atoms with E-state index in [4.69, 9.17) is 30.5 Å². The van der Waals surface area contributed by atoms with Crippen molar-refractivity contribution in [3.63, 3.8) is 0 Å². The van der Waals surface area contributed by atoms with E-state index in [9.17, 15) is 14.3 Å². The molecule has 2 N–H and O–H groups in total. The number of unbranched alkanes of at least 4 members (excludes halogenated alkanes) is 5. The van der Waals surface area contributed by atoms with E-state index in [0.29, 0.717) is 22.5 Å². The molecule has 0 heterocycles. The number of nitrogens with zero attached hydrogens (tertiary/aromatic N) is 1. The van der Waals surface area contributed by atoms with Gasteiger partial charge in [-0.3, -0.25) is 13.8 Å². The molecule has 10 heteroatoms. The van der Waals surface area contributed by atoms with Gasteiger partial charge >= 0.3 is 13.8 Å². The minimum atomic E-state index is -4.29. The van der Waals surface area contributed by atoms with Gasteiger partial charge in [0.15, 0.2) is 0 Å². The molecule has 1 aromatic rings. The van der Waals surface area contributed by atoms with E-state index in [2.05, 4.69) is 0 Å². The van der Waals surface area contributed by atoms with Gasteiger partial charge in [0.25, 0.3) is 0 Å². The van der Waals surface area contributed by atoms with Crippen molar-refractivity contribution < 1.29 is 37.6 Å². The van der Waals surface area contributed by atoms with E-state index in [0.717, 1.165) is 37.9 Å². The quantitative estimate of drug-likeness (QED) is 0.188. The lowest BCUT2D eigenvalue weighted by molar-refractivity contribution is -0.873. The van der Waals surface area contributed by atoms with Crippen LogP contribution < -0.4 is 4.74 Å². The number of hydrogen-bond acceptors (Lipinski definition) is 5. The smallest absolute Gasteiger partial charge is 0.472 e. The first-order valence-corrected chi connectivity index (χ1v) is 12.4. The Kier molecular flexibility index (Phi) is 12.7. The van der Waals surface area contributed by atoms with Crippen molar-refractivity contribution in [1.29, 1.82) is 0 Å². The Bertz CT molecular complexity index is 694. The second kappa shape index (κ2) is 14.1. The molecule has 0 spiro atoms. The van der Waals surface area contributed by atoms with Crippen LogP contribution in [0.5, 0.6) is 5.75 Å². The predicted molar refractivity (Wildman–Crippen MR) is 120 cm³/mol. The number of hydrogen-bond donors (Lipinski definition) is 2. The summed E-state index contributed by atoms with van der Waals surface area (Å²) in [6, 6.07) is 7.28. The van der Waals surface area contributed by atoms with Gasteiger partial charge in [-0.1, -0.05) is 37.3 Å². The molecule has 1 rings (SSSR count). The minimum absolute atomic E-state index is 0.0949. The first-order valence-electron chi connectivity index (χ1n) is 10.5.